The van der Waals surface area contributed by atoms with Crippen molar-refractivity contribution in [3.63, 3.8) is 0 Å². The van der Waals surface area contributed by atoms with E-state index in [4.69, 9.17) is 11.6 Å². The Balaban J connectivity index is 0.00000261. The Morgan fingerprint density at radius 1 is 1.15 bits per heavy atom. The molecule has 2 atom stereocenters. The van der Waals surface area contributed by atoms with Crippen LogP contribution >= 0.6 is 24.0 Å². The van der Waals surface area contributed by atoms with Crippen molar-refractivity contribution in [3.05, 3.63) is 70.7 Å². The van der Waals surface area contributed by atoms with Crippen LogP contribution in [0.25, 0.3) is 0 Å². The van der Waals surface area contributed by atoms with E-state index >= 15 is 0 Å². The van der Waals surface area contributed by atoms with Crippen molar-refractivity contribution in [1.29, 1.82) is 0 Å². The van der Waals surface area contributed by atoms with Crippen LogP contribution in [0.4, 0.5) is 0 Å². The second-order valence-corrected chi connectivity index (χ2v) is 7.26. The molecule has 1 aliphatic heterocycles. The van der Waals surface area contributed by atoms with E-state index in [9.17, 15) is 4.79 Å². The number of likely N-dealkylation sites (tertiary alicyclic amines) is 1. The summed E-state index contributed by atoms with van der Waals surface area (Å²) in [6.07, 6.45) is 2.30. The highest BCUT2D eigenvalue weighted by molar-refractivity contribution is 6.30. The smallest absolute Gasteiger partial charge is 0.234 e. The van der Waals surface area contributed by atoms with E-state index in [0.717, 1.165) is 30.6 Å². The maximum Gasteiger partial charge on any atom is 0.234 e. The minimum absolute atomic E-state index is 0. The van der Waals surface area contributed by atoms with E-state index < -0.39 is 0 Å². The topological polar surface area (TPSA) is 44.4 Å². The van der Waals surface area contributed by atoms with Crippen LogP contribution in [0.5, 0.6) is 0 Å². The number of hydrogen-bond acceptors (Lipinski definition) is 3. The van der Waals surface area contributed by atoms with Crippen molar-refractivity contribution in [2.24, 2.45) is 0 Å². The molecule has 3 rings (SSSR count). The Labute approximate surface area is 172 Å². The Morgan fingerprint density at radius 3 is 2.48 bits per heavy atom. The molecule has 2 unspecified atom stereocenters. The number of benzene rings is 2. The first-order chi connectivity index (χ1) is 12.7. The van der Waals surface area contributed by atoms with Gasteiger partial charge in [0.25, 0.3) is 0 Å². The molecule has 6 heteroatoms. The van der Waals surface area contributed by atoms with Gasteiger partial charge in [-0.3, -0.25) is 9.69 Å². The van der Waals surface area contributed by atoms with Gasteiger partial charge in [0.1, 0.15) is 0 Å². The lowest BCUT2D eigenvalue weighted by molar-refractivity contribution is -0.123. The largest absolute Gasteiger partial charge is 0.344 e. The average molecular weight is 408 g/mol. The molecular formula is C21H27Cl2N3O. The highest BCUT2D eigenvalue weighted by atomic mass is 35.5. The van der Waals surface area contributed by atoms with E-state index in [1.165, 1.54) is 6.42 Å². The summed E-state index contributed by atoms with van der Waals surface area (Å²) in [6.45, 7) is 2.32. The molecule has 2 N–H and O–H groups in total. The zero-order valence-electron chi connectivity index (χ0n) is 15.5. The fourth-order valence-corrected chi connectivity index (χ4v) is 3.63. The van der Waals surface area contributed by atoms with Crippen LogP contribution in [-0.4, -0.2) is 43.5 Å². The van der Waals surface area contributed by atoms with Gasteiger partial charge in [0.2, 0.25) is 5.91 Å². The minimum Gasteiger partial charge on any atom is -0.344 e. The van der Waals surface area contributed by atoms with E-state index in [-0.39, 0.29) is 24.4 Å². The van der Waals surface area contributed by atoms with Gasteiger partial charge in [-0.15, -0.1) is 12.4 Å². The number of carbonyl (C=O) groups excluding carboxylic acids is 1. The van der Waals surface area contributed by atoms with Crippen molar-refractivity contribution < 1.29 is 4.79 Å². The summed E-state index contributed by atoms with van der Waals surface area (Å²) in [6, 6.07) is 18.0. The van der Waals surface area contributed by atoms with Gasteiger partial charge in [-0.05, 0) is 49.7 Å². The normalized spacial score (nSPS) is 18.4. The molecule has 2 aromatic rings. The molecule has 1 heterocycles. The molecule has 1 saturated heterocycles. The highest BCUT2D eigenvalue weighted by Gasteiger charge is 2.22. The van der Waals surface area contributed by atoms with Gasteiger partial charge in [-0.2, -0.15) is 0 Å². The molecule has 0 saturated carbocycles. The maximum absolute atomic E-state index is 12.7. The molecule has 0 radical (unpaired) electrons. The van der Waals surface area contributed by atoms with Crippen LogP contribution in [0.15, 0.2) is 54.6 Å². The summed E-state index contributed by atoms with van der Waals surface area (Å²) >= 11 is 6.02. The summed E-state index contributed by atoms with van der Waals surface area (Å²) in [7, 11) is 1.99. The third kappa shape index (κ3) is 6.22. The lowest BCUT2D eigenvalue weighted by Gasteiger charge is -2.32. The Bertz CT molecular complexity index is 709. The fraction of sp³-hybridized carbons (Fsp3) is 0.381. The summed E-state index contributed by atoms with van der Waals surface area (Å²) in [5, 5.41) is 7.22. The van der Waals surface area contributed by atoms with Crippen molar-refractivity contribution in [1.82, 2.24) is 15.5 Å². The van der Waals surface area contributed by atoms with Gasteiger partial charge in [0.15, 0.2) is 0 Å². The second-order valence-electron chi connectivity index (χ2n) is 6.83. The number of rotatable bonds is 6. The first-order valence-corrected chi connectivity index (χ1v) is 9.53. The lowest BCUT2D eigenvalue weighted by Crippen LogP contribution is -2.48. The molecule has 1 amide bonds. The standard InChI is InChI=1S/C21H26ClN3O.ClH/c1-23-19-8-5-13-25(14-19)15-20(26)24-21(16-6-3-2-4-7-16)17-9-11-18(22)12-10-17;/h2-4,6-7,9-12,19,21,23H,5,8,13-15H2,1H3,(H,24,26);1H. The van der Waals surface area contributed by atoms with Gasteiger partial charge in [0.05, 0.1) is 12.6 Å². The third-order valence-electron chi connectivity index (χ3n) is 4.92. The average Bonchev–Trinajstić information content (AvgIpc) is 2.68. The second kappa shape index (κ2) is 10.7. The van der Waals surface area contributed by atoms with Gasteiger partial charge in [-0.1, -0.05) is 54.1 Å². The number of nitrogens with one attached hydrogen (secondary N) is 2. The lowest BCUT2D eigenvalue weighted by atomic mass is 9.98. The Morgan fingerprint density at radius 2 is 1.81 bits per heavy atom. The minimum atomic E-state index is -0.175. The molecule has 1 aliphatic rings. The SMILES string of the molecule is CNC1CCCN(CC(=O)NC(c2ccccc2)c2ccc(Cl)cc2)C1.Cl. The van der Waals surface area contributed by atoms with Crippen LogP contribution in [0.1, 0.15) is 30.0 Å². The summed E-state index contributed by atoms with van der Waals surface area (Å²) in [5.41, 5.74) is 2.09. The maximum atomic E-state index is 12.7. The van der Waals surface area contributed by atoms with Gasteiger partial charge < -0.3 is 10.6 Å². The number of nitrogens with zero attached hydrogens (tertiary/aromatic N) is 1. The number of carbonyl (C=O) groups is 1. The fourth-order valence-electron chi connectivity index (χ4n) is 3.50. The van der Waals surface area contributed by atoms with Crippen molar-refractivity contribution in [2.45, 2.75) is 24.9 Å². The van der Waals surface area contributed by atoms with Crippen LogP contribution in [0.2, 0.25) is 5.02 Å². The Kier molecular flexibility index (Phi) is 8.58. The van der Waals surface area contributed by atoms with E-state index in [0.29, 0.717) is 17.6 Å². The molecule has 0 aliphatic carbocycles. The van der Waals surface area contributed by atoms with E-state index in [1.54, 1.807) is 0 Å². The number of halogens is 2. The monoisotopic (exact) mass is 407 g/mol. The number of amides is 1. The molecule has 146 valence electrons. The summed E-state index contributed by atoms with van der Waals surface area (Å²) in [5.74, 6) is 0.0468. The van der Waals surface area contributed by atoms with Crippen molar-refractivity contribution in [3.8, 4) is 0 Å². The van der Waals surface area contributed by atoms with E-state index in [1.807, 2.05) is 61.6 Å². The number of likely N-dealkylation sites (N-methyl/N-ethyl adjacent to an activating group) is 1. The molecule has 4 nitrogen and oxygen atoms in total. The summed E-state index contributed by atoms with van der Waals surface area (Å²) < 4.78 is 0. The molecular weight excluding hydrogens is 381 g/mol. The van der Waals surface area contributed by atoms with Crippen LogP contribution in [0.3, 0.4) is 0 Å². The van der Waals surface area contributed by atoms with Gasteiger partial charge in [0, 0.05) is 17.6 Å². The van der Waals surface area contributed by atoms with Crippen LogP contribution in [0, 0.1) is 0 Å². The summed E-state index contributed by atoms with van der Waals surface area (Å²) in [4.78, 5) is 15.0. The molecule has 0 bridgehead atoms. The Hall–Kier alpha value is -1.59. The first-order valence-electron chi connectivity index (χ1n) is 9.15. The van der Waals surface area contributed by atoms with Crippen molar-refractivity contribution in [2.75, 3.05) is 26.7 Å². The quantitative estimate of drug-likeness (QED) is 0.767. The zero-order valence-corrected chi connectivity index (χ0v) is 17.1. The van der Waals surface area contributed by atoms with E-state index in [2.05, 4.69) is 15.5 Å². The zero-order chi connectivity index (χ0) is 18.4. The van der Waals surface area contributed by atoms with Crippen LogP contribution < -0.4 is 10.6 Å². The highest BCUT2D eigenvalue weighted by Crippen LogP contribution is 2.23. The third-order valence-corrected chi connectivity index (χ3v) is 5.17. The molecule has 27 heavy (non-hydrogen) atoms. The van der Waals surface area contributed by atoms with Crippen LogP contribution in [-0.2, 0) is 4.79 Å². The molecule has 0 aromatic heterocycles. The molecule has 2 aromatic carbocycles. The van der Waals surface area contributed by atoms with Gasteiger partial charge in [-0.25, -0.2) is 0 Å². The predicted molar refractivity (Wildman–Crippen MR) is 114 cm³/mol. The number of hydrogen-bond donors (Lipinski definition) is 2. The molecule has 0 spiro atoms. The van der Waals surface area contributed by atoms with Crippen molar-refractivity contribution >= 4 is 29.9 Å². The number of piperidine rings is 1. The van der Waals surface area contributed by atoms with Gasteiger partial charge >= 0.3 is 0 Å². The predicted octanol–water partition coefficient (Wildman–Crippen LogP) is 3.65. The first kappa shape index (κ1) is 21.7. The molecule has 1 fully saturated rings.